The van der Waals surface area contributed by atoms with Crippen LogP contribution in [0.15, 0.2) is 43.0 Å². The van der Waals surface area contributed by atoms with E-state index in [2.05, 4.69) is 30.7 Å². The molecular formula is C26H29FN8O2. The van der Waals surface area contributed by atoms with Crippen LogP contribution in [-0.2, 0) is 10.3 Å². The van der Waals surface area contributed by atoms with Crippen LogP contribution in [0.2, 0.25) is 0 Å². The molecule has 0 saturated carbocycles. The number of nitrogens with zero attached hydrogens (tertiary/aromatic N) is 6. The third-order valence-electron chi connectivity index (χ3n) is 6.10. The number of carbonyl (C=O) groups excluding carboxylic acids is 1. The van der Waals surface area contributed by atoms with Gasteiger partial charge in [0, 0.05) is 24.3 Å². The van der Waals surface area contributed by atoms with Gasteiger partial charge in [-0.05, 0) is 65.3 Å². The molecule has 0 spiro atoms. The molecule has 10 nitrogen and oxygen atoms in total. The van der Waals surface area contributed by atoms with Crippen molar-refractivity contribution in [3.8, 4) is 17.2 Å². The third kappa shape index (κ3) is 5.12. The Labute approximate surface area is 213 Å². The van der Waals surface area contributed by atoms with Crippen LogP contribution in [0.1, 0.15) is 45.0 Å². The van der Waals surface area contributed by atoms with Gasteiger partial charge in [0.2, 0.25) is 0 Å². The van der Waals surface area contributed by atoms with Crippen molar-refractivity contribution in [2.24, 2.45) is 0 Å². The average molecular weight is 505 g/mol. The van der Waals surface area contributed by atoms with Crippen LogP contribution in [-0.4, -0.2) is 54.5 Å². The van der Waals surface area contributed by atoms with Gasteiger partial charge >= 0.3 is 6.09 Å². The lowest BCUT2D eigenvalue weighted by Crippen LogP contribution is -2.57. The van der Waals surface area contributed by atoms with Gasteiger partial charge in [-0.3, -0.25) is 9.97 Å². The number of pyridine rings is 2. The number of hydrogen-bond acceptors (Lipinski definition) is 8. The molecule has 11 heteroatoms. The highest BCUT2D eigenvalue weighted by Crippen LogP contribution is 2.31. The Balaban J connectivity index is 1.57. The first-order chi connectivity index (χ1) is 17.6. The molecule has 4 aromatic heterocycles. The Hall–Kier alpha value is -3.99. The topological polar surface area (TPSA) is 120 Å². The number of hydrogen-bond donors (Lipinski definition) is 2. The number of alkyl carbamates (subject to hydrolysis) is 1. The van der Waals surface area contributed by atoms with E-state index >= 15 is 4.39 Å². The van der Waals surface area contributed by atoms with E-state index in [4.69, 9.17) is 9.72 Å². The number of halogens is 1. The molecule has 0 aromatic carbocycles. The largest absolute Gasteiger partial charge is 0.444 e. The zero-order valence-corrected chi connectivity index (χ0v) is 21.2. The van der Waals surface area contributed by atoms with Gasteiger partial charge < -0.3 is 15.4 Å². The van der Waals surface area contributed by atoms with E-state index in [-0.39, 0.29) is 5.69 Å². The molecule has 5 heterocycles. The lowest BCUT2D eigenvalue weighted by molar-refractivity contribution is 0.0424. The smallest absolute Gasteiger partial charge is 0.408 e. The molecule has 4 aromatic rings. The minimum Gasteiger partial charge on any atom is -0.444 e. The molecule has 192 valence electrons. The maximum Gasteiger partial charge on any atom is 0.408 e. The van der Waals surface area contributed by atoms with Crippen molar-refractivity contribution >= 4 is 17.0 Å². The molecule has 5 rings (SSSR count). The predicted molar refractivity (Wildman–Crippen MR) is 136 cm³/mol. The molecule has 2 N–H and O–H groups in total. The Morgan fingerprint density at radius 3 is 2.73 bits per heavy atom. The van der Waals surface area contributed by atoms with Gasteiger partial charge in [0.05, 0.1) is 29.3 Å². The number of aromatic nitrogens is 6. The molecule has 1 aliphatic heterocycles. The van der Waals surface area contributed by atoms with Gasteiger partial charge in [0.25, 0.3) is 0 Å². The lowest BCUT2D eigenvalue weighted by atomic mass is 9.86. The summed E-state index contributed by atoms with van der Waals surface area (Å²) >= 11 is 0. The monoisotopic (exact) mass is 504 g/mol. The van der Waals surface area contributed by atoms with Gasteiger partial charge in [-0.1, -0.05) is 0 Å². The fraction of sp³-hybridized carbons (Fsp3) is 0.385. The quantitative estimate of drug-likeness (QED) is 0.430. The maximum atomic E-state index is 15.3. The number of carbonyl (C=O) groups is 1. The molecule has 37 heavy (non-hydrogen) atoms. The Morgan fingerprint density at radius 1 is 1.16 bits per heavy atom. The second-order valence-electron chi connectivity index (χ2n) is 10.2. The number of fused-ring (bicyclic) bond motifs is 1. The molecule has 1 atom stereocenters. The van der Waals surface area contributed by atoms with Crippen LogP contribution < -0.4 is 10.6 Å². The number of aryl methyl sites for hydroxylation is 1. The summed E-state index contributed by atoms with van der Waals surface area (Å²) in [6.07, 6.45) is 7.33. The van der Waals surface area contributed by atoms with Crippen molar-refractivity contribution in [2.45, 2.75) is 51.7 Å². The zero-order valence-electron chi connectivity index (χ0n) is 21.2. The minimum atomic E-state index is -1.08. The van der Waals surface area contributed by atoms with E-state index in [1.54, 1.807) is 56.3 Å². The number of amides is 1. The van der Waals surface area contributed by atoms with Crippen molar-refractivity contribution in [1.82, 2.24) is 40.3 Å². The SMILES string of the molecule is Cc1cncc(-c2cc3c(cn2)cnn3-c2ccc(F)c([C@]3(NC(=O)OC(C)(C)C)CCCNC3)n2)n1. The summed E-state index contributed by atoms with van der Waals surface area (Å²) in [7, 11) is 0. The van der Waals surface area contributed by atoms with E-state index in [1.807, 2.05) is 13.0 Å². The van der Waals surface area contributed by atoms with Crippen LogP contribution in [0.25, 0.3) is 28.1 Å². The van der Waals surface area contributed by atoms with Crippen molar-refractivity contribution in [3.05, 3.63) is 60.2 Å². The highest BCUT2D eigenvalue weighted by atomic mass is 19.1. The van der Waals surface area contributed by atoms with Crippen LogP contribution in [0.4, 0.5) is 9.18 Å². The first-order valence-electron chi connectivity index (χ1n) is 12.2. The number of ether oxygens (including phenoxy) is 1. The molecular weight excluding hydrogens is 475 g/mol. The Morgan fingerprint density at radius 2 is 2.00 bits per heavy atom. The van der Waals surface area contributed by atoms with Crippen molar-refractivity contribution in [3.63, 3.8) is 0 Å². The van der Waals surface area contributed by atoms with E-state index in [1.165, 1.54) is 6.07 Å². The standard InChI is InChI=1S/C26H29FN8O2/c1-16-11-29-14-20(32-16)19-10-21-17(12-30-19)13-31-35(21)22-7-6-18(27)23(33-22)26(8-5-9-28-15-26)34-24(36)37-25(2,3)4/h6-7,10-14,28H,5,8-9,15H2,1-4H3,(H,34,36)/t26-/m0/s1. The molecule has 0 unspecified atom stereocenters. The molecule has 1 saturated heterocycles. The normalized spacial score (nSPS) is 18.1. The van der Waals surface area contributed by atoms with Crippen LogP contribution in [0.3, 0.4) is 0 Å². The summed E-state index contributed by atoms with van der Waals surface area (Å²) < 4.78 is 22.4. The number of nitrogens with one attached hydrogen (secondary N) is 2. The van der Waals surface area contributed by atoms with Crippen LogP contribution >= 0.6 is 0 Å². The third-order valence-corrected chi connectivity index (χ3v) is 6.10. The number of rotatable bonds is 4. The molecule has 0 aliphatic carbocycles. The van der Waals surface area contributed by atoms with Crippen molar-refractivity contribution < 1.29 is 13.9 Å². The van der Waals surface area contributed by atoms with E-state index < -0.39 is 23.1 Å². The maximum absolute atomic E-state index is 15.3. The second-order valence-corrected chi connectivity index (χ2v) is 10.2. The van der Waals surface area contributed by atoms with E-state index in [0.29, 0.717) is 30.2 Å². The van der Waals surface area contributed by atoms with E-state index in [9.17, 15) is 4.79 Å². The lowest BCUT2D eigenvalue weighted by Gasteiger charge is -2.38. The van der Waals surface area contributed by atoms with Gasteiger partial charge in [0.15, 0.2) is 5.82 Å². The summed E-state index contributed by atoms with van der Waals surface area (Å²) in [4.78, 5) is 30.7. The highest BCUT2D eigenvalue weighted by Gasteiger charge is 2.40. The molecule has 0 bridgehead atoms. The molecule has 1 amide bonds. The zero-order chi connectivity index (χ0) is 26.2. The molecule has 0 radical (unpaired) electrons. The minimum absolute atomic E-state index is 0.130. The highest BCUT2D eigenvalue weighted by molar-refractivity contribution is 5.82. The van der Waals surface area contributed by atoms with E-state index in [0.717, 1.165) is 29.6 Å². The fourth-order valence-corrected chi connectivity index (χ4v) is 4.49. The summed E-state index contributed by atoms with van der Waals surface area (Å²) in [5, 5.41) is 11.5. The fourth-order valence-electron chi connectivity index (χ4n) is 4.49. The Bertz CT molecular complexity index is 1460. The predicted octanol–water partition coefficient (Wildman–Crippen LogP) is 3.82. The number of piperidine rings is 1. The van der Waals surface area contributed by atoms with Crippen molar-refractivity contribution in [1.29, 1.82) is 0 Å². The summed E-state index contributed by atoms with van der Waals surface area (Å²) in [6.45, 7) is 8.30. The van der Waals surface area contributed by atoms with Gasteiger partial charge in [-0.15, -0.1) is 0 Å². The average Bonchev–Trinajstić information content (AvgIpc) is 3.27. The molecule has 1 aliphatic rings. The van der Waals surface area contributed by atoms with Gasteiger partial charge in [-0.25, -0.2) is 23.8 Å². The molecule has 1 fully saturated rings. The summed E-state index contributed by atoms with van der Waals surface area (Å²) in [5.74, 6) is -0.104. The summed E-state index contributed by atoms with van der Waals surface area (Å²) in [5.41, 5.74) is 1.14. The Kier molecular flexibility index (Phi) is 6.32. The summed E-state index contributed by atoms with van der Waals surface area (Å²) in [6, 6.07) is 4.77. The first kappa shape index (κ1) is 24.7. The van der Waals surface area contributed by atoms with Gasteiger partial charge in [0.1, 0.15) is 28.3 Å². The second kappa shape index (κ2) is 9.47. The van der Waals surface area contributed by atoms with Gasteiger partial charge in [-0.2, -0.15) is 5.10 Å². The van der Waals surface area contributed by atoms with Crippen LogP contribution in [0.5, 0.6) is 0 Å². The first-order valence-corrected chi connectivity index (χ1v) is 12.2. The van der Waals surface area contributed by atoms with Crippen molar-refractivity contribution in [2.75, 3.05) is 13.1 Å². The van der Waals surface area contributed by atoms with Crippen LogP contribution in [0, 0.1) is 12.7 Å².